The van der Waals surface area contributed by atoms with Gasteiger partial charge in [-0.05, 0) is 119 Å². The molecule has 9 heteroatoms. The maximum absolute atomic E-state index is 6.82. The molecule has 3 aliphatic heterocycles. The standard InChI is InChI=1S/C32H38BNO4.C26H27NO2/c1-21(2)22-19-25(33-37-31(3,4)32(5,6)38-33)30(36-29-17-11-12-18-35-29)28(20-22)34-26-15-9-7-13-23(26)24-14-8-10-16-27(24)34;1-18(2)19-14-15-25(29-26-13-7-8-16-28-26)24(17-19)27-22-11-5-3-9-20(22)21-10-4-6-12-23(21)27/h7-10,13-16,19-21,29H,11-12,17-18H2,1-6H3;3-6,9-12,14-15,17-18,26H,7-8,13,16H2,1-2H3. The summed E-state index contributed by atoms with van der Waals surface area (Å²) in [6, 6.07) is 45.4. The van der Waals surface area contributed by atoms with Gasteiger partial charge in [0, 0.05) is 39.8 Å². The highest BCUT2D eigenvalue weighted by Crippen LogP contribution is 2.42. The third-order valence-corrected chi connectivity index (χ3v) is 14.4. The van der Waals surface area contributed by atoms with E-state index in [1.54, 1.807) is 0 Å². The van der Waals surface area contributed by atoms with E-state index in [1.165, 1.54) is 43.7 Å². The molecule has 346 valence electrons. The number of benzene rings is 6. The van der Waals surface area contributed by atoms with Crippen LogP contribution in [0.25, 0.3) is 55.0 Å². The van der Waals surface area contributed by atoms with Crippen molar-refractivity contribution in [2.24, 2.45) is 0 Å². The summed E-state index contributed by atoms with van der Waals surface area (Å²) in [5, 5.41) is 4.96. The average molecular weight is 897 g/mol. The molecular formula is C58H65BN2O6. The van der Waals surface area contributed by atoms with Crippen LogP contribution in [0.4, 0.5) is 0 Å². The van der Waals surface area contributed by atoms with Gasteiger partial charge >= 0.3 is 7.12 Å². The Hall–Kier alpha value is -5.58. The van der Waals surface area contributed by atoms with Gasteiger partial charge in [0.2, 0.25) is 0 Å². The van der Waals surface area contributed by atoms with Gasteiger partial charge in [0.05, 0.1) is 57.9 Å². The van der Waals surface area contributed by atoms with E-state index in [0.29, 0.717) is 18.4 Å². The third-order valence-electron chi connectivity index (χ3n) is 14.4. The van der Waals surface area contributed by atoms with Crippen LogP contribution >= 0.6 is 0 Å². The SMILES string of the molecule is CC(C)c1cc(B2OC(C)(C)C(C)(C)O2)c(OC2CCCCO2)c(-n2c3ccccc3c3ccccc32)c1.CC(C)c1ccc(OC2CCCCO2)c(-n2c3ccccc3c3ccccc32)c1. The van der Waals surface area contributed by atoms with Crippen LogP contribution in [0.3, 0.4) is 0 Å². The first kappa shape index (κ1) is 45.2. The normalized spacial score (nSPS) is 19.4. The first-order valence-corrected chi connectivity index (χ1v) is 24.6. The second kappa shape index (κ2) is 18.5. The molecule has 3 aliphatic rings. The van der Waals surface area contributed by atoms with Crippen LogP contribution in [0.5, 0.6) is 11.5 Å². The van der Waals surface area contributed by atoms with Crippen LogP contribution in [0.2, 0.25) is 0 Å². The van der Waals surface area contributed by atoms with Crippen molar-refractivity contribution in [3.8, 4) is 22.9 Å². The predicted molar refractivity (Wildman–Crippen MR) is 274 cm³/mol. The van der Waals surface area contributed by atoms with Crippen molar-refractivity contribution in [2.45, 2.75) is 130 Å². The number of para-hydroxylation sites is 4. The molecule has 0 amide bonds. The Morgan fingerprint density at radius 3 is 1.39 bits per heavy atom. The second-order valence-corrected chi connectivity index (χ2v) is 20.2. The molecule has 67 heavy (non-hydrogen) atoms. The topological polar surface area (TPSA) is 65.2 Å². The average Bonchev–Trinajstić information content (AvgIpc) is 3.93. The summed E-state index contributed by atoms with van der Waals surface area (Å²) >= 11 is 0. The van der Waals surface area contributed by atoms with E-state index < -0.39 is 18.3 Å². The minimum Gasteiger partial charge on any atom is -0.463 e. The molecule has 11 rings (SSSR count). The Labute approximate surface area is 396 Å². The number of nitrogens with zero attached hydrogens (tertiary/aromatic N) is 2. The van der Waals surface area contributed by atoms with Crippen molar-refractivity contribution in [2.75, 3.05) is 13.2 Å². The van der Waals surface area contributed by atoms with Crippen LogP contribution in [-0.4, -0.2) is 53.2 Å². The molecule has 6 aromatic carbocycles. The van der Waals surface area contributed by atoms with Gasteiger partial charge in [-0.1, -0.05) is 113 Å². The lowest BCUT2D eigenvalue weighted by Crippen LogP contribution is -2.41. The first-order chi connectivity index (χ1) is 32.4. The molecule has 0 saturated carbocycles. The molecule has 8 nitrogen and oxygen atoms in total. The van der Waals surface area contributed by atoms with Crippen LogP contribution in [0, 0.1) is 0 Å². The van der Waals surface area contributed by atoms with E-state index in [-0.39, 0.29) is 12.6 Å². The highest BCUT2D eigenvalue weighted by atomic mass is 16.7. The Morgan fingerprint density at radius 2 is 0.940 bits per heavy atom. The van der Waals surface area contributed by atoms with Gasteiger partial charge in [-0.3, -0.25) is 0 Å². The van der Waals surface area contributed by atoms with Crippen molar-refractivity contribution in [3.63, 3.8) is 0 Å². The van der Waals surface area contributed by atoms with Crippen LogP contribution in [0.1, 0.15) is 117 Å². The van der Waals surface area contributed by atoms with E-state index in [4.69, 9.17) is 28.3 Å². The summed E-state index contributed by atoms with van der Waals surface area (Å²) in [6.45, 7) is 18.8. The Bertz CT molecular complexity index is 2920. The molecule has 3 saturated heterocycles. The van der Waals surface area contributed by atoms with E-state index in [9.17, 15) is 0 Å². The summed E-state index contributed by atoms with van der Waals surface area (Å²) in [4.78, 5) is 0. The summed E-state index contributed by atoms with van der Waals surface area (Å²) in [7, 11) is -0.552. The fourth-order valence-electron chi connectivity index (χ4n) is 9.84. The van der Waals surface area contributed by atoms with Gasteiger partial charge in [-0.2, -0.15) is 0 Å². The molecule has 3 fully saturated rings. The van der Waals surface area contributed by atoms with Crippen LogP contribution in [-0.2, 0) is 18.8 Å². The number of rotatable bonds is 9. The summed E-state index contributed by atoms with van der Waals surface area (Å²) in [5.41, 5.74) is 9.27. The number of aromatic nitrogens is 2. The number of fused-ring (bicyclic) bond motifs is 6. The Morgan fingerprint density at radius 1 is 0.507 bits per heavy atom. The fraction of sp³-hybridized carbons (Fsp3) is 0.379. The molecule has 0 N–H and O–H groups in total. The van der Waals surface area contributed by atoms with Gasteiger partial charge in [-0.15, -0.1) is 0 Å². The van der Waals surface area contributed by atoms with Gasteiger partial charge in [0.25, 0.3) is 0 Å². The zero-order chi connectivity index (χ0) is 46.5. The number of hydrogen-bond donors (Lipinski definition) is 0. The smallest absolute Gasteiger partial charge is 0.463 e. The maximum atomic E-state index is 6.82. The fourth-order valence-corrected chi connectivity index (χ4v) is 9.84. The van der Waals surface area contributed by atoms with Crippen LogP contribution in [0.15, 0.2) is 127 Å². The first-order valence-electron chi connectivity index (χ1n) is 24.6. The molecule has 2 unspecified atom stereocenters. The predicted octanol–water partition coefficient (Wildman–Crippen LogP) is 13.9. The molecular weight excluding hydrogens is 831 g/mol. The van der Waals surface area contributed by atoms with Crippen molar-refractivity contribution in [1.29, 1.82) is 0 Å². The monoisotopic (exact) mass is 896 g/mol. The van der Waals surface area contributed by atoms with Crippen molar-refractivity contribution in [3.05, 3.63) is 139 Å². The van der Waals surface area contributed by atoms with Gasteiger partial charge < -0.3 is 37.4 Å². The Kier molecular flexibility index (Phi) is 12.5. The van der Waals surface area contributed by atoms with Gasteiger partial charge in [-0.25, -0.2) is 0 Å². The van der Waals surface area contributed by atoms with Crippen molar-refractivity contribution < 1.29 is 28.3 Å². The minimum atomic E-state index is -0.552. The summed E-state index contributed by atoms with van der Waals surface area (Å²) < 4.78 is 43.1. The largest absolute Gasteiger partial charge is 0.498 e. The zero-order valence-corrected chi connectivity index (χ0v) is 40.5. The summed E-state index contributed by atoms with van der Waals surface area (Å²) in [6.07, 6.45) is 5.76. The third kappa shape index (κ3) is 8.65. The van der Waals surface area contributed by atoms with Crippen molar-refractivity contribution in [1.82, 2.24) is 9.13 Å². The summed E-state index contributed by atoms with van der Waals surface area (Å²) in [5.74, 6) is 2.41. The lowest BCUT2D eigenvalue weighted by Gasteiger charge is -2.32. The molecule has 0 bridgehead atoms. The van der Waals surface area contributed by atoms with Crippen LogP contribution < -0.4 is 14.9 Å². The molecule has 2 atom stereocenters. The van der Waals surface area contributed by atoms with Crippen molar-refractivity contribution >= 4 is 56.2 Å². The molecule has 2 aromatic heterocycles. The maximum Gasteiger partial charge on any atom is 0.498 e. The Balaban J connectivity index is 0.000000162. The second-order valence-electron chi connectivity index (χ2n) is 20.2. The lowest BCUT2D eigenvalue weighted by molar-refractivity contribution is -0.106. The van der Waals surface area contributed by atoms with Gasteiger partial charge in [0.1, 0.15) is 11.5 Å². The molecule has 0 spiro atoms. The highest BCUT2D eigenvalue weighted by Gasteiger charge is 2.53. The van der Waals surface area contributed by atoms with E-state index >= 15 is 0 Å². The number of ether oxygens (including phenoxy) is 4. The molecule has 8 aromatic rings. The van der Waals surface area contributed by atoms with E-state index in [0.717, 1.165) is 84.5 Å². The quantitative estimate of drug-likeness (QED) is 0.135. The lowest BCUT2D eigenvalue weighted by atomic mass is 9.76. The minimum absolute atomic E-state index is 0.166. The molecule has 0 radical (unpaired) electrons. The van der Waals surface area contributed by atoms with Gasteiger partial charge in [0.15, 0.2) is 12.6 Å². The number of hydrogen-bond acceptors (Lipinski definition) is 6. The zero-order valence-electron chi connectivity index (χ0n) is 40.5. The molecule has 0 aliphatic carbocycles. The van der Waals surface area contributed by atoms with E-state index in [2.05, 4.69) is 192 Å². The van der Waals surface area contributed by atoms with E-state index in [1.807, 2.05) is 0 Å². The highest BCUT2D eigenvalue weighted by molar-refractivity contribution is 6.63. The molecule has 5 heterocycles.